The zero-order chi connectivity index (χ0) is 19.2. The molecule has 2 heterocycles. The Morgan fingerprint density at radius 3 is 2.67 bits per heavy atom. The lowest BCUT2D eigenvalue weighted by Crippen LogP contribution is -2.36. The van der Waals surface area contributed by atoms with Crippen molar-refractivity contribution in [3.05, 3.63) is 24.3 Å². The van der Waals surface area contributed by atoms with Gasteiger partial charge in [-0.05, 0) is 38.1 Å². The van der Waals surface area contributed by atoms with Gasteiger partial charge in [-0.15, -0.1) is 5.10 Å². The predicted octanol–water partition coefficient (Wildman–Crippen LogP) is 1.84. The van der Waals surface area contributed by atoms with Crippen LogP contribution < -0.4 is 15.5 Å². The van der Waals surface area contributed by atoms with Crippen molar-refractivity contribution in [2.75, 3.05) is 36.5 Å². The zero-order valence-corrected chi connectivity index (χ0v) is 16.2. The lowest BCUT2D eigenvalue weighted by Gasteiger charge is -2.28. The smallest absolute Gasteiger partial charge is 0.240 e. The third-order valence-corrected chi connectivity index (χ3v) is 5.09. The number of anilines is 2. The number of amides is 2. The van der Waals surface area contributed by atoms with Crippen LogP contribution in [0, 0.1) is 0 Å². The number of carbonyl (C=O) groups is 2. The van der Waals surface area contributed by atoms with Crippen LogP contribution in [0.4, 0.5) is 11.4 Å². The number of ether oxygens (including phenoxy) is 1. The first-order valence-electron chi connectivity index (χ1n) is 8.80. The summed E-state index contributed by atoms with van der Waals surface area (Å²) in [6, 6.07) is 7.70. The zero-order valence-electron chi connectivity index (χ0n) is 15.4. The minimum Gasteiger partial charge on any atom is -0.378 e. The summed E-state index contributed by atoms with van der Waals surface area (Å²) in [6.07, 6.45) is 0.0789. The molecule has 1 aromatic carbocycles. The molecule has 8 nitrogen and oxygen atoms in total. The Hall–Kier alpha value is -2.39. The molecule has 9 heteroatoms. The Kier molecular flexibility index (Phi) is 6.46. The second-order valence-electron chi connectivity index (χ2n) is 6.45. The van der Waals surface area contributed by atoms with Gasteiger partial charge >= 0.3 is 0 Å². The first kappa shape index (κ1) is 19.4. The van der Waals surface area contributed by atoms with E-state index in [0.29, 0.717) is 10.9 Å². The summed E-state index contributed by atoms with van der Waals surface area (Å²) >= 11 is 1.22. The molecule has 0 saturated carbocycles. The molecule has 0 bridgehead atoms. The van der Waals surface area contributed by atoms with E-state index in [1.807, 2.05) is 38.1 Å². The molecule has 2 aliphatic heterocycles. The van der Waals surface area contributed by atoms with Gasteiger partial charge in [-0.1, -0.05) is 11.8 Å². The second kappa shape index (κ2) is 9.01. The molecule has 2 amide bonds. The first-order chi connectivity index (χ1) is 13.0. The lowest BCUT2D eigenvalue weighted by molar-refractivity contribution is -0.122. The Labute approximate surface area is 162 Å². The monoisotopic (exact) mass is 389 g/mol. The molecule has 2 aliphatic rings. The summed E-state index contributed by atoms with van der Waals surface area (Å²) in [7, 11) is 0. The van der Waals surface area contributed by atoms with Crippen LogP contribution in [0.5, 0.6) is 0 Å². The Morgan fingerprint density at radius 2 is 2.00 bits per heavy atom. The van der Waals surface area contributed by atoms with Crippen molar-refractivity contribution in [2.45, 2.75) is 25.5 Å². The minimum absolute atomic E-state index is 0.0789. The number of hydrogen-bond donors (Lipinski definition) is 2. The fourth-order valence-corrected chi connectivity index (χ4v) is 3.61. The van der Waals surface area contributed by atoms with Crippen molar-refractivity contribution in [3.8, 4) is 0 Å². The summed E-state index contributed by atoms with van der Waals surface area (Å²) in [5, 5.41) is 13.3. The van der Waals surface area contributed by atoms with Gasteiger partial charge in [-0.2, -0.15) is 5.10 Å². The van der Waals surface area contributed by atoms with Crippen molar-refractivity contribution in [1.82, 2.24) is 5.32 Å². The summed E-state index contributed by atoms with van der Waals surface area (Å²) in [6.45, 7) is 6.83. The molecule has 0 spiro atoms. The van der Waals surface area contributed by atoms with Gasteiger partial charge in [-0.3, -0.25) is 9.59 Å². The third-order valence-electron chi connectivity index (χ3n) is 4.02. The summed E-state index contributed by atoms with van der Waals surface area (Å²) in [5.41, 5.74) is 2.61. The number of nitrogens with zero attached hydrogens (tertiary/aromatic N) is 3. The van der Waals surface area contributed by atoms with Crippen LogP contribution >= 0.6 is 11.8 Å². The summed E-state index contributed by atoms with van der Waals surface area (Å²) < 4.78 is 5.36. The number of hydrogen-bond acceptors (Lipinski definition) is 7. The molecule has 2 N–H and O–H groups in total. The molecule has 2 saturated heterocycles. The standard InChI is InChI=1S/C18H23N5O3S/c1-12(2)21-22-18-20-17(25)15(27-18)11-16(24)19-13-3-5-14(6-4-13)23-7-9-26-10-8-23/h3-6,15H,7-11H2,1-2H3,(H,19,24)(H,20,22,25). The van der Waals surface area contributed by atoms with Gasteiger partial charge in [0.05, 0.1) is 13.2 Å². The van der Waals surface area contributed by atoms with Gasteiger partial charge < -0.3 is 20.3 Å². The molecule has 0 aromatic heterocycles. The molecule has 3 rings (SSSR count). The highest BCUT2D eigenvalue weighted by atomic mass is 32.2. The van der Waals surface area contributed by atoms with Crippen molar-refractivity contribution in [2.24, 2.45) is 10.2 Å². The molecule has 27 heavy (non-hydrogen) atoms. The Balaban J connectivity index is 1.52. The lowest BCUT2D eigenvalue weighted by atomic mass is 10.2. The maximum absolute atomic E-state index is 12.3. The predicted molar refractivity (Wildman–Crippen MR) is 108 cm³/mol. The topological polar surface area (TPSA) is 95.4 Å². The van der Waals surface area contributed by atoms with E-state index >= 15 is 0 Å². The van der Waals surface area contributed by atoms with Crippen LogP contribution in [0.25, 0.3) is 0 Å². The highest BCUT2D eigenvalue weighted by Gasteiger charge is 2.32. The van der Waals surface area contributed by atoms with Crippen LogP contribution in [-0.4, -0.2) is 54.2 Å². The highest BCUT2D eigenvalue weighted by molar-refractivity contribution is 8.15. The molecular weight excluding hydrogens is 366 g/mol. The van der Waals surface area contributed by atoms with Gasteiger partial charge in [-0.25, -0.2) is 0 Å². The molecular formula is C18H23N5O3S. The molecule has 0 radical (unpaired) electrons. The Morgan fingerprint density at radius 1 is 1.30 bits per heavy atom. The number of rotatable bonds is 5. The number of morpholine rings is 1. The van der Waals surface area contributed by atoms with E-state index in [-0.39, 0.29) is 18.2 Å². The van der Waals surface area contributed by atoms with Crippen LogP contribution in [0.2, 0.25) is 0 Å². The molecule has 1 aromatic rings. The van der Waals surface area contributed by atoms with Crippen molar-refractivity contribution in [1.29, 1.82) is 0 Å². The summed E-state index contributed by atoms with van der Waals surface area (Å²) in [5.74, 6) is -0.432. The quantitative estimate of drug-likeness (QED) is 0.592. The van der Waals surface area contributed by atoms with E-state index in [1.165, 1.54) is 11.8 Å². The van der Waals surface area contributed by atoms with Crippen LogP contribution in [0.1, 0.15) is 20.3 Å². The van der Waals surface area contributed by atoms with Crippen LogP contribution in [-0.2, 0) is 14.3 Å². The molecule has 144 valence electrons. The third kappa shape index (κ3) is 5.54. The number of benzene rings is 1. The van der Waals surface area contributed by atoms with Gasteiger partial charge in [0.25, 0.3) is 0 Å². The maximum atomic E-state index is 12.3. The molecule has 2 fully saturated rings. The number of thioether (sulfide) groups is 1. The maximum Gasteiger partial charge on any atom is 0.240 e. The average molecular weight is 389 g/mol. The number of amidine groups is 1. The van der Waals surface area contributed by atoms with E-state index in [0.717, 1.165) is 37.7 Å². The summed E-state index contributed by atoms with van der Waals surface area (Å²) in [4.78, 5) is 26.5. The molecule has 1 atom stereocenters. The van der Waals surface area contributed by atoms with Gasteiger partial charge in [0.15, 0.2) is 5.17 Å². The van der Waals surface area contributed by atoms with E-state index in [9.17, 15) is 9.59 Å². The van der Waals surface area contributed by atoms with Crippen LogP contribution in [0.15, 0.2) is 34.5 Å². The molecule has 0 aliphatic carbocycles. The number of nitrogens with one attached hydrogen (secondary N) is 2. The van der Waals surface area contributed by atoms with Crippen molar-refractivity contribution >= 4 is 45.8 Å². The van der Waals surface area contributed by atoms with E-state index in [2.05, 4.69) is 25.7 Å². The Bertz CT molecular complexity index is 753. The van der Waals surface area contributed by atoms with Gasteiger partial charge in [0.1, 0.15) is 5.25 Å². The average Bonchev–Trinajstić information content (AvgIpc) is 3.01. The van der Waals surface area contributed by atoms with E-state index in [4.69, 9.17) is 4.74 Å². The fraction of sp³-hybridized carbons (Fsp3) is 0.444. The van der Waals surface area contributed by atoms with Crippen molar-refractivity contribution < 1.29 is 14.3 Å². The SMILES string of the molecule is CC(C)=NN=C1NC(=O)C(CC(=O)Nc2ccc(N3CCOCC3)cc2)S1. The molecule has 1 unspecified atom stereocenters. The van der Waals surface area contributed by atoms with Crippen molar-refractivity contribution in [3.63, 3.8) is 0 Å². The second-order valence-corrected chi connectivity index (χ2v) is 7.64. The van der Waals surface area contributed by atoms with Gasteiger partial charge in [0.2, 0.25) is 11.8 Å². The fourth-order valence-electron chi connectivity index (χ4n) is 2.69. The normalized spacial score (nSPS) is 21.1. The first-order valence-corrected chi connectivity index (χ1v) is 9.68. The minimum atomic E-state index is -0.497. The number of carbonyl (C=O) groups excluding carboxylic acids is 2. The largest absolute Gasteiger partial charge is 0.378 e. The van der Waals surface area contributed by atoms with Crippen LogP contribution in [0.3, 0.4) is 0 Å². The van der Waals surface area contributed by atoms with E-state index < -0.39 is 5.25 Å². The van der Waals surface area contributed by atoms with E-state index in [1.54, 1.807) is 0 Å². The highest BCUT2D eigenvalue weighted by Crippen LogP contribution is 2.24. The van der Waals surface area contributed by atoms with Gasteiger partial charge in [0, 0.05) is 36.6 Å².